The number of benzene rings is 4. The predicted molar refractivity (Wildman–Crippen MR) is 175 cm³/mol. The van der Waals surface area contributed by atoms with E-state index in [-0.39, 0.29) is 35.5 Å². The number of nitrogens with one attached hydrogen (secondary N) is 1. The van der Waals surface area contributed by atoms with Crippen molar-refractivity contribution in [1.29, 1.82) is 0 Å². The monoisotopic (exact) mass is 643 g/mol. The second kappa shape index (κ2) is 15.1. The number of halogens is 1. The van der Waals surface area contributed by atoms with Crippen molar-refractivity contribution in [3.63, 3.8) is 0 Å². The Morgan fingerprint density at radius 1 is 0.870 bits per heavy atom. The van der Waals surface area contributed by atoms with E-state index < -0.39 is 34.3 Å². The third-order valence-electron chi connectivity index (χ3n) is 8.18. The van der Waals surface area contributed by atoms with E-state index in [1.54, 1.807) is 55.6 Å². The van der Waals surface area contributed by atoms with Crippen LogP contribution >= 0.6 is 0 Å². The molecule has 2 amide bonds. The molecule has 0 aliphatic heterocycles. The number of amides is 2. The molecular weight excluding hydrogens is 605 g/mol. The van der Waals surface area contributed by atoms with Gasteiger partial charge in [0.25, 0.3) is 10.0 Å². The van der Waals surface area contributed by atoms with E-state index in [1.807, 2.05) is 36.4 Å². The lowest BCUT2D eigenvalue weighted by molar-refractivity contribution is -0.140. The zero-order valence-electron chi connectivity index (χ0n) is 25.7. The van der Waals surface area contributed by atoms with Crippen LogP contribution in [-0.2, 0) is 32.6 Å². The third-order valence-corrected chi connectivity index (χ3v) is 9.97. The van der Waals surface area contributed by atoms with E-state index >= 15 is 0 Å². The van der Waals surface area contributed by atoms with Gasteiger partial charge in [0, 0.05) is 19.0 Å². The highest BCUT2D eigenvalue weighted by atomic mass is 32.2. The molecule has 4 aromatic carbocycles. The van der Waals surface area contributed by atoms with Gasteiger partial charge in [0.1, 0.15) is 24.2 Å². The lowest BCUT2D eigenvalue weighted by atomic mass is 10.0. The summed E-state index contributed by atoms with van der Waals surface area (Å²) in [5, 5.41) is 3.16. The molecule has 240 valence electrons. The molecule has 46 heavy (non-hydrogen) atoms. The van der Waals surface area contributed by atoms with Gasteiger partial charge in [-0.1, -0.05) is 73.5 Å². The van der Waals surface area contributed by atoms with Gasteiger partial charge in [0.2, 0.25) is 11.8 Å². The van der Waals surface area contributed by atoms with Gasteiger partial charge in [-0.05, 0) is 72.5 Å². The molecule has 0 radical (unpaired) electrons. The lowest BCUT2D eigenvalue weighted by Crippen LogP contribution is -2.54. The van der Waals surface area contributed by atoms with Gasteiger partial charge in [-0.2, -0.15) is 0 Å². The number of methoxy groups -OCH3 is 1. The van der Waals surface area contributed by atoms with E-state index in [1.165, 1.54) is 17.0 Å². The number of sulfonamides is 1. The highest BCUT2D eigenvalue weighted by molar-refractivity contribution is 7.92. The van der Waals surface area contributed by atoms with E-state index in [0.717, 1.165) is 47.7 Å². The summed E-state index contributed by atoms with van der Waals surface area (Å²) < 4.78 is 48.2. The van der Waals surface area contributed by atoms with Crippen molar-refractivity contribution < 1.29 is 27.1 Å². The summed E-state index contributed by atoms with van der Waals surface area (Å²) in [5.41, 5.74) is 1.83. The van der Waals surface area contributed by atoms with Crippen LogP contribution in [0.25, 0.3) is 0 Å². The van der Waals surface area contributed by atoms with Gasteiger partial charge in [-0.15, -0.1) is 0 Å². The number of nitrogens with zero attached hydrogens (tertiary/aromatic N) is 2. The number of carbonyl (C=O) groups excluding carboxylic acids is 2. The van der Waals surface area contributed by atoms with Gasteiger partial charge < -0.3 is 15.0 Å². The van der Waals surface area contributed by atoms with Crippen LogP contribution in [0.3, 0.4) is 0 Å². The smallest absolute Gasteiger partial charge is 0.264 e. The highest BCUT2D eigenvalue weighted by Gasteiger charge is 2.35. The van der Waals surface area contributed by atoms with Crippen molar-refractivity contribution in [2.45, 2.75) is 55.6 Å². The summed E-state index contributed by atoms with van der Waals surface area (Å²) in [6.07, 6.45) is 4.00. The number of para-hydroxylation sites is 1. The lowest BCUT2D eigenvalue weighted by Gasteiger charge is -2.34. The van der Waals surface area contributed by atoms with Crippen LogP contribution in [0.1, 0.15) is 36.8 Å². The number of anilines is 1. The maximum Gasteiger partial charge on any atom is 0.264 e. The van der Waals surface area contributed by atoms with Gasteiger partial charge in [-0.25, -0.2) is 12.8 Å². The molecule has 10 heteroatoms. The Balaban J connectivity index is 1.56. The quantitative estimate of drug-likeness (QED) is 0.201. The molecule has 5 rings (SSSR count). The molecule has 0 aromatic heterocycles. The number of hydrogen-bond donors (Lipinski definition) is 1. The fourth-order valence-corrected chi connectivity index (χ4v) is 7.16. The summed E-state index contributed by atoms with van der Waals surface area (Å²) in [6.45, 7) is -0.555. The van der Waals surface area contributed by atoms with Crippen LogP contribution in [0.2, 0.25) is 0 Å². The standard InChI is InChI=1S/C36H38FN3O5S/c1-45-32-18-10-13-28(23-32)25-39(34(24-27-11-4-2-5-12-27)36(42)38-30-14-8-9-15-30)35(41)26-40(31-16-6-3-7-17-31)46(43,44)33-21-19-29(37)20-22-33/h2-7,10-13,16-23,30,34H,8-9,14-15,24-26H2,1H3,(H,38,42)/t34-/m0/s1. The predicted octanol–water partition coefficient (Wildman–Crippen LogP) is 5.73. The van der Waals surface area contributed by atoms with Crippen molar-refractivity contribution in [1.82, 2.24) is 10.2 Å². The van der Waals surface area contributed by atoms with Crippen LogP contribution in [0.15, 0.2) is 114 Å². The minimum absolute atomic E-state index is 0.0132. The summed E-state index contributed by atoms with van der Waals surface area (Å²) >= 11 is 0. The summed E-state index contributed by atoms with van der Waals surface area (Å²) in [7, 11) is -2.76. The molecule has 1 atom stereocenters. The molecule has 0 heterocycles. The molecule has 1 fully saturated rings. The van der Waals surface area contributed by atoms with Gasteiger partial charge in [0.15, 0.2) is 0 Å². The second-order valence-electron chi connectivity index (χ2n) is 11.4. The fraction of sp³-hybridized carbons (Fsp3) is 0.278. The van der Waals surface area contributed by atoms with Crippen molar-refractivity contribution in [2.24, 2.45) is 0 Å². The van der Waals surface area contributed by atoms with E-state index in [0.29, 0.717) is 11.3 Å². The molecule has 0 spiro atoms. The second-order valence-corrected chi connectivity index (χ2v) is 13.2. The molecule has 1 saturated carbocycles. The third kappa shape index (κ3) is 8.11. The Kier molecular flexibility index (Phi) is 10.7. The SMILES string of the molecule is COc1cccc(CN(C(=O)CN(c2ccccc2)S(=O)(=O)c2ccc(F)cc2)[C@@H](Cc2ccccc2)C(=O)NC2CCCC2)c1. The van der Waals surface area contributed by atoms with Crippen LogP contribution in [0.5, 0.6) is 5.75 Å². The number of carbonyl (C=O) groups is 2. The first kappa shape index (κ1) is 32.7. The van der Waals surface area contributed by atoms with Crippen molar-refractivity contribution in [3.8, 4) is 5.75 Å². The minimum atomic E-state index is -4.31. The Hall–Kier alpha value is -4.70. The maximum absolute atomic E-state index is 14.5. The van der Waals surface area contributed by atoms with Crippen LogP contribution in [0.4, 0.5) is 10.1 Å². The van der Waals surface area contributed by atoms with Crippen LogP contribution in [0, 0.1) is 5.82 Å². The van der Waals surface area contributed by atoms with Gasteiger partial charge in [-0.3, -0.25) is 13.9 Å². The number of ether oxygens (including phenoxy) is 1. The van der Waals surface area contributed by atoms with Crippen LogP contribution in [-0.4, -0.2) is 50.9 Å². The average molecular weight is 644 g/mol. The first-order chi connectivity index (χ1) is 22.2. The molecule has 4 aromatic rings. The fourth-order valence-electron chi connectivity index (χ4n) is 5.75. The normalized spacial score (nSPS) is 14.0. The maximum atomic E-state index is 14.5. The molecule has 1 aliphatic carbocycles. The van der Waals surface area contributed by atoms with Gasteiger partial charge in [0.05, 0.1) is 17.7 Å². The number of hydrogen-bond acceptors (Lipinski definition) is 5. The Morgan fingerprint density at radius 3 is 2.15 bits per heavy atom. The highest BCUT2D eigenvalue weighted by Crippen LogP contribution is 2.26. The molecule has 8 nitrogen and oxygen atoms in total. The largest absolute Gasteiger partial charge is 0.497 e. The molecule has 1 N–H and O–H groups in total. The molecule has 0 unspecified atom stereocenters. The first-order valence-corrected chi connectivity index (χ1v) is 16.8. The summed E-state index contributed by atoms with van der Waals surface area (Å²) in [6, 6.07) is 28.5. The van der Waals surface area contributed by atoms with Crippen molar-refractivity contribution >= 4 is 27.5 Å². The van der Waals surface area contributed by atoms with Gasteiger partial charge >= 0.3 is 0 Å². The number of rotatable bonds is 13. The Labute approximate surface area is 269 Å². The topological polar surface area (TPSA) is 96.0 Å². The summed E-state index contributed by atoms with van der Waals surface area (Å²) in [4.78, 5) is 29.9. The molecule has 0 saturated heterocycles. The molecule has 0 bridgehead atoms. The minimum Gasteiger partial charge on any atom is -0.497 e. The van der Waals surface area contributed by atoms with Crippen molar-refractivity contribution in [2.75, 3.05) is 18.0 Å². The average Bonchev–Trinajstić information content (AvgIpc) is 3.59. The molecule has 1 aliphatic rings. The van der Waals surface area contributed by atoms with E-state index in [4.69, 9.17) is 4.74 Å². The zero-order valence-corrected chi connectivity index (χ0v) is 26.5. The Bertz CT molecular complexity index is 1710. The van der Waals surface area contributed by atoms with Crippen LogP contribution < -0.4 is 14.4 Å². The Morgan fingerprint density at radius 2 is 1.50 bits per heavy atom. The summed E-state index contributed by atoms with van der Waals surface area (Å²) in [5.74, 6) is -0.855. The first-order valence-electron chi connectivity index (χ1n) is 15.3. The molecular formula is C36H38FN3O5S. The van der Waals surface area contributed by atoms with Crippen molar-refractivity contribution in [3.05, 3.63) is 126 Å². The van der Waals surface area contributed by atoms with E-state index in [9.17, 15) is 22.4 Å². The zero-order chi connectivity index (χ0) is 32.5. The van der Waals surface area contributed by atoms with E-state index in [2.05, 4.69) is 5.32 Å².